The standard InChI is InChI=1S/C20H18ClNO5S2/c1-13-12-18(23)20(28(24,25)16-10-8-15(21)9-11-16)14(2)19(13)22-29(26,27)17-6-4-3-5-7-17/h3-12,22-23H,1-2H3. The molecule has 0 unspecified atom stereocenters. The zero-order chi connectivity index (χ0) is 21.4. The van der Waals surface area contributed by atoms with Crippen molar-refractivity contribution in [2.24, 2.45) is 0 Å². The monoisotopic (exact) mass is 451 g/mol. The molecule has 29 heavy (non-hydrogen) atoms. The Balaban J connectivity index is 2.16. The highest BCUT2D eigenvalue weighted by Crippen LogP contribution is 2.38. The predicted octanol–water partition coefficient (Wildman–Crippen LogP) is 4.30. The van der Waals surface area contributed by atoms with E-state index in [2.05, 4.69) is 4.72 Å². The lowest BCUT2D eigenvalue weighted by Gasteiger charge is -2.18. The lowest BCUT2D eigenvalue weighted by Crippen LogP contribution is -2.16. The van der Waals surface area contributed by atoms with Crippen molar-refractivity contribution in [2.75, 3.05) is 4.72 Å². The SMILES string of the molecule is Cc1cc(O)c(S(=O)(=O)c2ccc(Cl)cc2)c(C)c1NS(=O)(=O)c1ccccc1. The Morgan fingerprint density at radius 2 is 1.45 bits per heavy atom. The summed E-state index contributed by atoms with van der Waals surface area (Å²) in [5.74, 6) is -0.461. The number of phenolic OH excluding ortho intramolecular Hbond substituents is 1. The third kappa shape index (κ3) is 4.10. The molecule has 9 heteroatoms. The molecule has 6 nitrogen and oxygen atoms in total. The van der Waals surface area contributed by atoms with Crippen LogP contribution in [0.25, 0.3) is 0 Å². The Morgan fingerprint density at radius 1 is 0.862 bits per heavy atom. The Kier molecular flexibility index (Phi) is 5.62. The number of hydrogen-bond acceptors (Lipinski definition) is 5. The first-order chi connectivity index (χ1) is 13.5. The van der Waals surface area contributed by atoms with Gasteiger partial charge in [0, 0.05) is 5.02 Å². The number of benzene rings is 3. The van der Waals surface area contributed by atoms with Crippen LogP contribution in [0.2, 0.25) is 5.02 Å². The van der Waals surface area contributed by atoms with E-state index in [1.807, 2.05) is 0 Å². The number of aromatic hydroxyl groups is 1. The van der Waals surface area contributed by atoms with Crippen LogP contribution in [-0.4, -0.2) is 21.9 Å². The van der Waals surface area contributed by atoms with E-state index in [1.54, 1.807) is 25.1 Å². The fourth-order valence-electron chi connectivity index (χ4n) is 2.96. The molecule has 152 valence electrons. The molecular weight excluding hydrogens is 434 g/mol. The van der Waals surface area contributed by atoms with Crippen LogP contribution < -0.4 is 4.72 Å². The molecule has 3 rings (SSSR count). The van der Waals surface area contributed by atoms with Gasteiger partial charge in [-0.1, -0.05) is 29.8 Å². The molecule has 3 aromatic rings. The molecule has 0 radical (unpaired) electrons. The number of sulfonamides is 1. The lowest BCUT2D eigenvalue weighted by molar-refractivity contribution is 0.457. The van der Waals surface area contributed by atoms with Crippen LogP contribution in [0.15, 0.2) is 75.4 Å². The fourth-order valence-corrected chi connectivity index (χ4v) is 5.88. The molecule has 2 N–H and O–H groups in total. The minimum absolute atomic E-state index is 0.0361. The molecule has 0 aromatic heterocycles. The number of anilines is 1. The molecule has 0 amide bonds. The number of aryl methyl sites for hydroxylation is 1. The summed E-state index contributed by atoms with van der Waals surface area (Å²) in [5.41, 5.74) is 0.575. The normalized spacial score (nSPS) is 12.0. The number of phenols is 1. The van der Waals surface area contributed by atoms with E-state index in [9.17, 15) is 21.9 Å². The van der Waals surface area contributed by atoms with Gasteiger partial charge in [0.05, 0.1) is 15.5 Å². The predicted molar refractivity (Wildman–Crippen MR) is 112 cm³/mol. The third-order valence-electron chi connectivity index (χ3n) is 4.38. The van der Waals surface area contributed by atoms with Crippen molar-refractivity contribution in [3.63, 3.8) is 0 Å². The highest BCUT2D eigenvalue weighted by Gasteiger charge is 2.28. The summed E-state index contributed by atoms with van der Waals surface area (Å²) in [5, 5.41) is 10.7. The number of sulfone groups is 1. The van der Waals surface area contributed by atoms with Crippen LogP contribution in [0.3, 0.4) is 0 Å². The lowest BCUT2D eigenvalue weighted by atomic mass is 10.1. The highest BCUT2D eigenvalue weighted by molar-refractivity contribution is 7.93. The molecule has 0 aliphatic carbocycles. The van der Waals surface area contributed by atoms with E-state index >= 15 is 0 Å². The third-order valence-corrected chi connectivity index (χ3v) is 7.94. The van der Waals surface area contributed by atoms with Gasteiger partial charge in [0.25, 0.3) is 10.0 Å². The molecule has 0 saturated carbocycles. The fraction of sp³-hybridized carbons (Fsp3) is 0.100. The average Bonchev–Trinajstić information content (AvgIpc) is 2.66. The maximum atomic E-state index is 13.1. The highest BCUT2D eigenvalue weighted by atomic mass is 35.5. The molecule has 0 bridgehead atoms. The minimum atomic E-state index is -4.12. The second-order valence-corrected chi connectivity index (χ2v) is 10.4. The summed E-state index contributed by atoms with van der Waals surface area (Å²) >= 11 is 5.83. The van der Waals surface area contributed by atoms with Crippen LogP contribution in [0.4, 0.5) is 5.69 Å². The Labute approximate surface area is 174 Å². The summed E-state index contributed by atoms with van der Waals surface area (Å²) in [7, 11) is -8.07. The second kappa shape index (κ2) is 7.70. The van der Waals surface area contributed by atoms with Crippen molar-refractivity contribution in [3.8, 4) is 5.75 Å². The molecule has 0 heterocycles. The summed E-state index contributed by atoms with van der Waals surface area (Å²) in [6.07, 6.45) is 0. The molecule has 0 atom stereocenters. The smallest absolute Gasteiger partial charge is 0.261 e. The summed E-state index contributed by atoms with van der Waals surface area (Å²) in [4.78, 5) is -0.397. The van der Waals surface area contributed by atoms with Crippen molar-refractivity contribution >= 4 is 37.1 Å². The van der Waals surface area contributed by atoms with Crippen LogP contribution in [-0.2, 0) is 19.9 Å². The van der Waals surface area contributed by atoms with E-state index < -0.39 is 25.6 Å². The van der Waals surface area contributed by atoms with Crippen LogP contribution in [0, 0.1) is 13.8 Å². The number of rotatable bonds is 5. The van der Waals surface area contributed by atoms with Crippen LogP contribution in [0.5, 0.6) is 5.75 Å². The summed E-state index contributed by atoms with van der Waals surface area (Å²) in [6, 6.07) is 14.4. The van der Waals surface area contributed by atoms with Gasteiger partial charge in [0.1, 0.15) is 10.6 Å². The number of halogens is 1. The van der Waals surface area contributed by atoms with E-state index in [-0.39, 0.29) is 25.9 Å². The van der Waals surface area contributed by atoms with Gasteiger partial charge in [-0.15, -0.1) is 0 Å². The second-order valence-electron chi connectivity index (χ2n) is 6.42. The van der Waals surface area contributed by atoms with Crippen molar-refractivity contribution < 1.29 is 21.9 Å². The van der Waals surface area contributed by atoms with Crippen LogP contribution in [0.1, 0.15) is 11.1 Å². The van der Waals surface area contributed by atoms with Gasteiger partial charge in [-0.3, -0.25) is 4.72 Å². The van der Waals surface area contributed by atoms with Gasteiger partial charge in [0.2, 0.25) is 9.84 Å². The quantitative estimate of drug-likeness (QED) is 0.563. The minimum Gasteiger partial charge on any atom is -0.507 e. The van der Waals surface area contributed by atoms with E-state index in [4.69, 9.17) is 11.6 Å². The largest absolute Gasteiger partial charge is 0.507 e. The first kappa shape index (κ1) is 21.2. The average molecular weight is 452 g/mol. The zero-order valence-corrected chi connectivity index (χ0v) is 17.9. The Hall–Kier alpha value is -2.55. The van der Waals surface area contributed by atoms with Gasteiger partial charge >= 0.3 is 0 Å². The maximum Gasteiger partial charge on any atom is 0.261 e. The maximum absolute atomic E-state index is 13.1. The Bertz CT molecular complexity index is 1270. The zero-order valence-electron chi connectivity index (χ0n) is 15.5. The van der Waals surface area contributed by atoms with E-state index in [1.165, 1.54) is 49.4 Å². The van der Waals surface area contributed by atoms with Gasteiger partial charge in [-0.05, 0) is 67.4 Å². The topological polar surface area (TPSA) is 101 Å². The Morgan fingerprint density at radius 3 is 2.03 bits per heavy atom. The molecule has 0 saturated heterocycles. The van der Waals surface area contributed by atoms with Gasteiger partial charge < -0.3 is 5.11 Å². The first-order valence-electron chi connectivity index (χ1n) is 8.46. The number of hydrogen-bond donors (Lipinski definition) is 2. The molecular formula is C20H18ClNO5S2. The summed E-state index contributed by atoms with van der Waals surface area (Å²) < 4.78 is 54.1. The number of nitrogens with one attached hydrogen (secondary N) is 1. The van der Waals surface area contributed by atoms with Gasteiger partial charge in [-0.2, -0.15) is 0 Å². The van der Waals surface area contributed by atoms with Crippen LogP contribution >= 0.6 is 11.6 Å². The van der Waals surface area contributed by atoms with Crippen molar-refractivity contribution in [3.05, 3.63) is 76.8 Å². The first-order valence-corrected chi connectivity index (χ1v) is 11.8. The molecule has 0 spiro atoms. The van der Waals surface area contributed by atoms with E-state index in [0.717, 1.165) is 0 Å². The van der Waals surface area contributed by atoms with Crippen molar-refractivity contribution in [1.29, 1.82) is 0 Å². The van der Waals surface area contributed by atoms with E-state index in [0.29, 0.717) is 10.6 Å². The molecule has 0 aliphatic heterocycles. The molecule has 0 fully saturated rings. The summed E-state index contributed by atoms with van der Waals surface area (Å²) in [6.45, 7) is 3.02. The van der Waals surface area contributed by atoms with Crippen molar-refractivity contribution in [1.82, 2.24) is 0 Å². The molecule has 0 aliphatic rings. The van der Waals surface area contributed by atoms with Gasteiger partial charge in [-0.25, -0.2) is 16.8 Å². The van der Waals surface area contributed by atoms with Gasteiger partial charge in [0.15, 0.2) is 0 Å². The van der Waals surface area contributed by atoms with Crippen molar-refractivity contribution in [2.45, 2.75) is 28.5 Å². The molecule has 3 aromatic carbocycles.